The fourth-order valence-electron chi connectivity index (χ4n) is 1.68. The molecule has 84 valence electrons. The number of primary amides is 1. The first-order chi connectivity index (χ1) is 8.15. The van der Waals surface area contributed by atoms with Crippen LogP contribution < -0.4 is 5.73 Å². The Morgan fingerprint density at radius 3 is 2.59 bits per heavy atom. The molecule has 2 aromatic rings. The Balaban J connectivity index is 2.70. The fourth-order valence-corrected chi connectivity index (χ4v) is 1.68. The summed E-state index contributed by atoms with van der Waals surface area (Å²) in [5, 5.41) is 13.3. The molecule has 1 heterocycles. The van der Waals surface area contributed by atoms with Crippen LogP contribution in [0.5, 0.6) is 0 Å². The lowest BCUT2D eigenvalue weighted by Gasteiger charge is -2.01. The Hall–Kier alpha value is -2.61. The van der Waals surface area contributed by atoms with Crippen LogP contribution in [-0.4, -0.2) is 15.7 Å². The molecule has 5 heteroatoms. The van der Waals surface area contributed by atoms with E-state index in [0.717, 1.165) is 5.69 Å². The van der Waals surface area contributed by atoms with E-state index in [2.05, 4.69) is 5.10 Å². The molecule has 2 N–H and O–H groups in total. The van der Waals surface area contributed by atoms with Crippen LogP contribution in [0.25, 0.3) is 5.69 Å². The number of aryl methyl sites for hydroxylation is 1. The van der Waals surface area contributed by atoms with E-state index >= 15 is 0 Å². The first-order valence-electron chi connectivity index (χ1n) is 5.00. The molecule has 0 saturated carbocycles. The predicted octanol–water partition coefficient (Wildman–Crippen LogP) is 1.15. The van der Waals surface area contributed by atoms with Gasteiger partial charge in [0.1, 0.15) is 6.07 Å². The van der Waals surface area contributed by atoms with E-state index in [1.54, 1.807) is 19.1 Å². The summed E-state index contributed by atoms with van der Waals surface area (Å²) < 4.78 is 1.43. The van der Waals surface area contributed by atoms with Crippen LogP contribution in [0.15, 0.2) is 30.3 Å². The summed E-state index contributed by atoms with van der Waals surface area (Å²) in [4.78, 5) is 11.3. The average Bonchev–Trinajstić information content (AvgIpc) is 2.67. The van der Waals surface area contributed by atoms with Crippen molar-refractivity contribution in [3.05, 3.63) is 47.3 Å². The summed E-state index contributed by atoms with van der Waals surface area (Å²) in [6.45, 7) is 1.65. The van der Waals surface area contributed by atoms with Gasteiger partial charge in [-0.15, -0.1) is 0 Å². The summed E-state index contributed by atoms with van der Waals surface area (Å²) >= 11 is 0. The Morgan fingerprint density at radius 1 is 1.41 bits per heavy atom. The van der Waals surface area contributed by atoms with Crippen molar-refractivity contribution in [2.75, 3.05) is 0 Å². The van der Waals surface area contributed by atoms with E-state index in [1.807, 2.05) is 24.3 Å². The molecule has 0 aliphatic heterocycles. The summed E-state index contributed by atoms with van der Waals surface area (Å²) in [6.07, 6.45) is 0. The van der Waals surface area contributed by atoms with Crippen LogP contribution in [0.3, 0.4) is 0 Å². The van der Waals surface area contributed by atoms with Gasteiger partial charge in [-0.1, -0.05) is 18.2 Å². The third-order valence-electron chi connectivity index (χ3n) is 2.41. The Bertz CT molecular complexity index is 607. The Morgan fingerprint density at radius 2 is 2.06 bits per heavy atom. The highest BCUT2D eigenvalue weighted by Gasteiger charge is 2.19. The lowest BCUT2D eigenvalue weighted by atomic mass is 10.2. The van der Waals surface area contributed by atoms with Crippen molar-refractivity contribution < 1.29 is 4.79 Å². The Labute approximate surface area is 98.1 Å². The SMILES string of the molecule is Cc1nn(-c2ccccc2)c(C#N)c1C(N)=O. The maximum Gasteiger partial charge on any atom is 0.253 e. The molecule has 0 spiro atoms. The number of rotatable bonds is 2. The van der Waals surface area contributed by atoms with Crippen molar-refractivity contribution in [2.24, 2.45) is 5.73 Å². The van der Waals surface area contributed by atoms with Gasteiger partial charge in [0, 0.05) is 0 Å². The number of nitrogens with two attached hydrogens (primary N) is 1. The number of benzene rings is 1. The number of amides is 1. The Kier molecular flexibility index (Phi) is 2.63. The number of carbonyl (C=O) groups is 1. The predicted molar refractivity (Wildman–Crippen MR) is 61.5 cm³/mol. The molecular weight excluding hydrogens is 216 g/mol. The van der Waals surface area contributed by atoms with E-state index in [4.69, 9.17) is 11.0 Å². The maximum atomic E-state index is 11.3. The van der Waals surface area contributed by atoms with Gasteiger partial charge < -0.3 is 5.73 Å². The van der Waals surface area contributed by atoms with Crippen molar-refractivity contribution in [2.45, 2.75) is 6.92 Å². The fraction of sp³-hybridized carbons (Fsp3) is 0.0833. The standard InChI is InChI=1S/C12H10N4O/c1-8-11(12(14)17)10(7-13)16(15-8)9-5-3-2-4-6-9/h2-6H,1H3,(H2,14,17). The van der Waals surface area contributed by atoms with Gasteiger partial charge in [-0.2, -0.15) is 10.4 Å². The van der Waals surface area contributed by atoms with Crippen molar-refractivity contribution >= 4 is 5.91 Å². The molecule has 0 unspecified atom stereocenters. The van der Waals surface area contributed by atoms with Gasteiger partial charge in [0.05, 0.1) is 16.9 Å². The van der Waals surface area contributed by atoms with Crippen LogP contribution >= 0.6 is 0 Å². The second-order valence-corrected chi connectivity index (χ2v) is 3.53. The number of aromatic nitrogens is 2. The van der Waals surface area contributed by atoms with Crippen LogP contribution in [0.4, 0.5) is 0 Å². The zero-order valence-electron chi connectivity index (χ0n) is 9.21. The molecule has 0 radical (unpaired) electrons. The van der Waals surface area contributed by atoms with Crippen molar-refractivity contribution in [1.82, 2.24) is 9.78 Å². The largest absolute Gasteiger partial charge is 0.365 e. The molecule has 0 bridgehead atoms. The van der Waals surface area contributed by atoms with E-state index in [-0.39, 0.29) is 11.3 Å². The molecule has 0 aliphatic carbocycles. The number of hydrogen-bond acceptors (Lipinski definition) is 3. The molecule has 0 fully saturated rings. The molecule has 2 rings (SSSR count). The van der Waals surface area contributed by atoms with Crippen LogP contribution in [0.1, 0.15) is 21.7 Å². The average molecular weight is 226 g/mol. The topological polar surface area (TPSA) is 84.7 Å². The lowest BCUT2D eigenvalue weighted by molar-refractivity contribution is 0.0999. The van der Waals surface area contributed by atoms with Gasteiger partial charge in [-0.3, -0.25) is 4.79 Å². The summed E-state index contributed by atoms with van der Waals surface area (Å²) in [5.41, 5.74) is 6.76. The molecule has 17 heavy (non-hydrogen) atoms. The van der Waals surface area contributed by atoms with Crippen molar-refractivity contribution in [1.29, 1.82) is 5.26 Å². The van der Waals surface area contributed by atoms with Gasteiger partial charge in [0.25, 0.3) is 5.91 Å². The third kappa shape index (κ3) is 1.76. The van der Waals surface area contributed by atoms with Gasteiger partial charge in [-0.25, -0.2) is 4.68 Å². The molecule has 5 nitrogen and oxygen atoms in total. The first-order valence-corrected chi connectivity index (χ1v) is 5.00. The number of nitriles is 1. The van der Waals surface area contributed by atoms with E-state index in [1.165, 1.54) is 4.68 Å². The quantitative estimate of drug-likeness (QED) is 0.833. The second kappa shape index (κ2) is 4.10. The zero-order valence-corrected chi connectivity index (χ0v) is 9.21. The van der Waals surface area contributed by atoms with Crippen LogP contribution in [0, 0.1) is 18.3 Å². The van der Waals surface area contributed by atoms with Gasteiger partial charge in [-0.05, 0) is 19.1 Å². The number of para-hydroxylation sites is 1. The highest BCUT2D eigenvalue weighted by Crippen LogP contribution is 2.17. The van der Waals surface area contributed by atoms with Crippen molar-refractivity contribution in [3.63, 3.8) is 0 Å². The third-order valence-corrected chi connectivity index (χ3v) is 2.41. The normalized spacial score (nSPS) is 9.88. The minimum atomic E-state index is -0.638. The highest BCUT2D eigenvalue weighted by atomic mass is 16.1. The molecule has 1 amide bonds. The number of nitrogens with zero attached hydrogens (tertiary/aromatic N) is 3. The second-order valence-electron chi connectivity index (χ2n) is 3.53. The number of hydrogen-bond donors (Lipinski definition) is 1. The van der Waals surface area contributed by atoms with Gasteiger partial charge in [0.2, 0.25) is 0 Å². The molecule has 1 aromatic heterocycles. The summed E-state index contributed by atoms with van der Waals surface area (Å²) in [6, 6.07) is 11.1. The molecule has 0 saturated heterocycles. The first kappa shape index (κ1) is 10.9. The molecule has 1 aromatic carbocycles. The molecular formula is C12H10N4O. The molecule has 0 aliphatic rings. The zero-order chi connectivity index (χ0) is 12.4. The molecule has 0 atom stereocenters. The smallest absolute Gasteiger partial charge is 0.253 e. The van der Waals surface area contributed by atoms with Crippen LogP contribution in [-0.2, 0) is 0 Å². The number of carbonyl (C=O) groups excluding carboxylic acids is 1. The van der Waals surface area contributed by atoms with E-state index < -0.39 is 5.91 Å². The monoisotopic (exact) mass is 226 g/mol. The minimum Gasteiger partial charge on any atom is -0.365 e. The summed E-state index contributed by atoms with van der Waals surface area (Å²) in [5.74, 6) is -0.638. The van der Waals surface area contributed by atoms with E-state index in [9.17, 15) is 4.79 Å². The maximum absolute atomic E-state index is 11.3. The van der Waals surface area contributed by atoms with Crippen molar-refractivity contribution in [3.8, 4) is 11.8 Å². The minimum absolute atomic E-state index is 0.168. The highest BCUT2D eigenvalue weighted by molar-refractivity contribution is 5.96. The van der Waals surface area contributed by atoms with Crippen LogP contribution in [0.2, 0.25) is 0 Å². The lowest BCUT2D eigenvalue weighted by Crippen LogP contribution is -2.13. The summed E-state index contributed by atoms with van der Waals surface area (Å²) in [7, 11) is 0. The van der Waals surface area contributed by atoms with Gasteiger partial charge in [0.15, 0.2) is 5.69 Å². The van der Waals surface area contributed by atoms with E-state index in [0.29, 0.717) is 5.69 Å². The van der Waals surface area contributed by atoms with Gasteiger partial charge >= 0.3 is 0 Å².